The molecule has 2 unspecified atom stereocenters. The van der Waals surface area contributed by atoms with E-state index in [2.05, 4.69) is 23.9 Å². The first-order chi connectivity index (χ1) is 10.0. The molecule has 0 spiro atoms. The number of hydrogen-bond donors (Lipinski definition) is 1. The van der Waals surface area contributed by atoms with Crippen LogP contribution in [-0.4, -0.2) is 63.8 Å². The first-order valence-corrected chi connectivity index (χ1v) is 7.41. The molecule has 5 heteroatoms. The molecule has 0 bridgehead atoms. The molecule has 2 rings (SSSR count). The molecule has 0 saturated carbocycles. The fraction of sp³-hybridized carbons (Fsp3) is 0.625. The van der Waals surface area contributed by atoms with Crippen molar-refractivity contribution in [3.05, 3.63) is 23.8 Å². The van der Waals surface area contributed by atoms with Crippen LogP contribution < -0.4 is 15.2 Å². The summed E-state index contributed by atoms with van der Waals surface area (Å²) in [7, 11) is 7.57. The number of hydrogen-bond acceptors (Lipinski definition) is 5. The third kappa shape index (κ3) is 3.87. The molecule has 1 fully saturated rings. The summed E-state index contributed by atoms with van der Waals surface area (Å²) in [4.78, 5) is 4.73. The number of methoxy groups -OCH3 is 2. The van der Waals surface area contributed by atoms with E-state index in [4.69, 9.17) is 15.2 Å². The van der Waals surface area contributed by atoms with Gasteiger partial charge in [0.05, 0.1) is 14.2 Å². The van der Waals surface area contributed by atoms with E-state index in [1.807, 2.05) is 18.2 Å². The molecule has 2 N–H and O–H groups in total. The summed E-state index contributed by atoms with van der Waals surface area (Å²) in [5.74, 6) is 1.47. The molecular weight excluding hydrogens is 266 g/mol. The molecule has 2 atom stereocenters. The van der Waals surface area contributed by atoms with Crippen LogP contribution in [0.4, 0.5) is 0 Å². The third-order valence-electron chi connectivity index (χ3n) is 4.27. The van der Waals surface area contributed by atoms with Crippen LogP contribution in [0, 0.1) is 0 Å². The Morgan fingerprint density at radius 2 is 2.00 bits per heavy atom. The van der Waals surface area contributed by atoms with Crippen LogP contribution in [0.15, 0.2) is 18.2 Å². The highest BCUT2D eigenvalue weighted by Crippen LogP contribution is 2.30. The smallest absolute Gasteiger partial charge is 0.161 e. The van der Waals surface area contributed by atoms with Gasteiger partial charge < -0.3 is 20.1 Å². The van der Waals surface area contributed by atoms with Crippen molar-refractivity contribution in [2.24, 2.45) is 5.73 Å². The van der Waals surface area contributed by atoms with Crippen molar-refractivity contribution in [3.63, 3.8) is 0 Å². The van der Waals surface area contributed by atoms with Crippen molar-refractivity contribution in [2.45, 2.75) is 18.5 Å². The standard InChI is InChI=1S/C16H27N3O2/c1-18(2)13-7-8-19(10-13)11-14(17)12-5-6-15(20-3)16(9-12)21-4/h5-6,9,13-14H,7-8,10-11,17H2,1-4H3. The normalized spacial score (nSPS) is 20.8. The molecule has 0 aliphatic carbocycles. The number of nitrogens with zero attached hydrogens (tertiary/aromatic N) is 2. The second kappa shape index (κ2) is 7.11. The highest BCUT2D eigenvalue weighted by molar-refractivity contribution is 5.43. The molecule has 1 aromatic rings. The van der Waals surface area contributed by atoms with Gasteiger partial charge >= 0.3 is 0 Å². The van der Waals surface area contributed by atoms with Crippen LogP contribution in [-0.2, 0) is 0 Å². The topological polar surface area (TPSA) is 51.0 Å². The maximum atomic E-state index is 6.36. The van der Waals surface area contributed by atoms with Crippen LogP contribution in [0.2, 0.25) is 0 Å². The predicted octanol–water partition coefficient (Wildman–Crippen LogP) is 1.34. The van der Waals surface area contributed by atoms with Crippen LogP contribution in [0.25, 0.3) is 0 Å². The molecule has 21 heavy (non-hydrogen) atoms. The lowest BCUT2D eigenvalue weighted by Crippen LogP contribution is -2.34. The number of rotatable bonds is 6. The van der Waals surface area contributed by atoms with Crippen molar-refractivity contribution in [1.29, 1.82) is 0 Å². The minimum Gasteiger partial charge on any atom is -0.493 e. The highest BCUT2D eigenvalue weighted by Gasteiger charge is 2.25. The summed E-state index contributed by atoms with van der Waals surface area (Å²) in [6.07, 6.45) is 1.21. The molecule has 1 aliphatic heterocycles. The van der Waals surface area contributed by atoms with E-state index in [1.165, 1.54) is 6.42 Å². The lowest BCUT2D eigenvalue weighted by molar-refractivity contribution is 0.260. The second-order valence-electron chi connectivity index (χ2n) is 5.89. The van der Waals surface area contributed by atoms with Crippen molar-refractivity contribution >= 4 is 0 Å². The Kier molecular flexibility index (Phi) is 5.45. The van der Waals surface area contributed by atoms with Gasteiger partial charge in [0, 0.05) is 25.2 Å². The molecule has 1 aromatic carbocycles. The SMILES string of the molecule is COc1ccc(C(N)CN2CCC(N(C)C)C2)cc1OC. The van der Waals surface area contributed by atoms with E-state index < -0.39 is 0 Å². The van der Waals surface area contributed by atoms with Gasteiger partial charge in [-0.2, -0.15) is 0 Å². The Morgan fingerprint density at radius 3 is 2.57 bits per heavy atom. The average Bonchev–Trinajstić information content (AvgIpc) is 2.95. The zero-order chi connectivity index (χ0) is 15.4. The number of ether oxygens (including phenoxy) is 2. The lowest BCUT2D eigenvalue weighted by Gasteiger charge is -2.23. The number of likely N-dealkylation sites (tertiary alicyclic amines) is 1. The van der Waals surface area contributed by atoms with E-state index >= 15 is 0 Å². The summed E-state index contributed by atoms with van der Waals surface area (Å²) < 4.78 is 10.6. The molecule has 0 aromatic heterocycles. The zero-order valence-corrected chi connectivity index (χ0v) is 13.5. The minimum atomic E-state index is -0.00859. The van der Waals surface area contributed by atoms with Crippen LogP contribution in [0.1, 0.15) is 18.0 Å². The van der Waals surface area contributed by atoms with Gasteiger partial charge in [0.1, 0.15) is 0 Å². The summed E-state index contributed by atoms with van der Waals surface area (Å²) >= 11 is 0. The monoisotopic (exact) mass is 293 g/mol. The maximum Gasteiger partial charge on any atom is 0.161 e. The first kappa shape index (κ1) is 16.1. The fourth-order valence-electron chi connectivity index (χ4n) is 2.87. The Labute approximate surface area is 127 Å². The summed E-state index contributed by atoms with van der Waals surface area (Å²) in [5.41, 5.74) is 7.44. The molecule has 118 valence electrons. The van der Waals surface area contributed by atoms with Crippen molar-refractivity contribution in [2.75, 3.05) is 47.9 Å². The Hall–Kier alpha value is -1.30. The molecule has 0 radical (unpaired) electrons. The van der Waals surface area contributed by atoms with Crippen molar-refractivity contribution in [1.82, 2.24) is 9.80 Å². The van der Waals surface area contributed by atoms with Crippen LogP contribution in [0.3, 0.4) is 0 Å². The predicted molar refractivity (Wildman–Crippen MR) is 85.0 cm³/mol. The summed E-state index contributed by atoms with van der Waals surface area (Å²) in [6, 6.07) is 6.54. The van der Waals surface area contributed by atoms with Gasteiger partial charge in [0.15, 0.2) is 11.5 Å². The number of nitrogens with two attached hydrogens (primary N) is 1. The van der Waals surface area contributed by atoms with E-state index in [1.54, 1.807) is 14.2 Å². The van der Waals surface area contributed by atoms with Gasteiger partial charge in [-0.05, 0) is 44.8 Å². The van der Waals surface area contributed by atoms with Crippen LogP contribution >= 0.6 is 0 Å². The van der Waals surface area contributed by atoms with Gasteiger partial charge in [-0.3, -0.25) is 4.90 Å². The number of benzene rings is 1. The Bertz CT molecular complexity index is 465. The van der Waals surface area contributed by atoms with E-state index in [0.29, 0.717) is 6.04 Å². The van der Waals surface area contributed by atoms with Gasteiger partial charge in [0.2, 0.25) is 0 Å². The summed E-state index contributed by atoms with van der Waals surface area (Å²) in [6.45, 7) is 3.08. The van der Waals surface area contributed by atoms with Gasteiger partial charge in [-0.25, -0.2) is 0 Å². The first-order valence-electron chi connectivity index (χ1n) is 7.41. The number of likely N-dealkylation sites (N-methyl/N-ethyl adjacent to an activating group) is 1. The molecule has 1 saturated heterocycles. The Morgan fingerprint density at radius 1 is 1.29 bits per heavy atom. The average molecular weight is 293 g/mol. The minimum absolute atomic E-state index is 0.00859. The van der Waals surface area contributed by atoms with Gasteiger partial charge in [-0.1, -0.05) is 6.07 Å². The second-order valence-corrected chi connectivity index (χ2v) is 5.89. The Balaban J connectivity index is 1.99. The highest BCUT2D eigenvalue weighted by atomic mass is 16.5. The fourth-order valence-corrected chi connectivity index (χ4v) is 2.87. The zero-order valence-electron chi connectivity index (χ0n) is 13.5. The quantitative estimate of drug-likeness (QED) is 0.858. The van der Waals surface area contributed by atoms with Gasteiger partial charge in [0.25, 0.3) is 0 Å². The molecule has 0 amide bonds. The van der Waals surface area contributed by atoms with Crippen molar-refractivity contribution in [3.8, 4) is 11.5 Å². The maximum absolute atomic E-state index is 6.36. The molecule has 5 nitrogen and oxygen atoms in total. The molecule has 1 aliphatic rings. The molecule has 1 heterocycles. The largest absolute Gasteiger partial charge is 0.493 e. The van der Waals surface area contributed by atoms with E-state index in [-0.39, 0.29) is 6.04 Å². The molecular formula is C16H27N3O2. The lowest BCUT2D eigenvalue weighted by atomic mass is 10.1. The van der Waals surface area contributed by atoms with E-state index in [9.17, 15) is 0 Å². The summed E-state index contributed by atoms with van der Waals surface area (Å²) in [5, 5.41) is 0. The van der Waals surface area contributed by atoms with E-state index in [0.717, 1.165) is 36.7 Å². The van der Waals surface area contributed by atoms with Gasteiger partial charge in [-0.15, -0.1) is 0 Å². The van der Waals surface area contributed by atoms with Crippen LogP contribution in [0.5, 0.6) is 11.5 Å². The third-order valence-corrected chi connectivity index (χ3v) is 4.27. The van der Waals surface area contributed by atoms with Crippen molar-refractivity contribution < 1.29 is 9.47 Å².